The van der Waals surface area contributed by atoms with Crippen LogP contribution >= 0.6 is 0 Å². The van der Waals surface area contributed by atoms with E-state index in [9.17, 15) is 9.59 Å². The van der Waals surface area contributed by atoms with Crippen molar-refractivity contribution >= 4 is 12.3 Å². The van der Waals surface area contributed by atoms with Gasteiger partial charge in [0.25, 0.3) is 5.91 Å². The predicted octanol–water partition coefficient (Wildman–Crippen LogP) is 4.81. The third-order valence-electron chi connectivity index (χ3n) is 3.15. The van der Waals surface area contributed by atoms with E-state index >= 15 is 0 Å². The second-order valence-corrected chi connectivity index (χ2v) is 5.25. The lowest BCUT2D eigenvalue weighted by Crippen LogP contribution is -2.30. The van der Waals surface area contributed by atoms with Crippen LogP contribution in [0.15, 0.2) is 47.6 Å². The van der Waals surface area contributed by atoms with Crippen molar-refractivity contribution in [3.05, 3.63) is 58.7 Å². The fourth-order valence-electron chi connectivity index (χ4n) is 1.89. The van der Waals surface area contributed by atoms with Crippen molar-refractivity contribution in [2.75, 3.05) is 0 Å². The maximum atomic E-state index is 12.5. The number of rotatable bonds is 6. The van der Waals surface area contributed by atoms with E-state index < -0.39 is 0 Å². The van der Waals surface area contributed by atoms with Gasteiger partial charge in [-0.1, -0.05) is 68.3 Å². The molecular formula is C20H29NO2. The Morgan fingerprint density at radius 2 is 1.70 bits per heavy atom. The Hall–Kier alpha value is -2.16. The molecule has 0 aliphatic rings. The number of allylic oxidation sites excluding steroid dienone is 2. The Morgan fingerprint density at radius 1 is 1.13 bits per heavy atom. The van der Waals surface area contributed by atoms with Crippen molar-refractivity contribution in [3.63, 3.8) is 0 Å². The van der Waals surface area contributed by atoms with Crippen LogP contribution < -0.4 is 0 Å². The first kappa shape index (κ1) is 20.8. The summed E-state index contributed by atoms with van der Waals surface area (Å²) in [6, 6.07) is 7.82. The number of carbonyl (C=O) groups excluding carboxylic acids is 2. The molecule has 0 spiro atoms. The van der Waals surface area contributed by atoms with Crippen LogP contribution in [0, 0.1) is 6.92 Å². The first-order chi connectivity index (χ1) is 11.0. The average molecular weight is 315 g/mol. The molecule has 0 radical (unpaired) electrons. The van der Waals surface area contributed by atoms with Gasteiger partial charge in [-0.05, 0) is 32.8 Å². The molecule has 0 N–H and O–H groups in total. The number of carbonyl (C=O) groups is 2. The molecule has 0 unspecified atom stereocenters. The first-order valence-electron chi connectivity index (χ1n) is 8.15. The molecule has 3 nitrogen and oxygen atoms in total. The second-order valence-electron chi connectivity index (χ2n) is 5.25. The highest BCUT2D eigenvalue weighted by atomic mass is 16.2. The van der Waals surface area contributed by atoms with Gasteiger partial charge in [-0.15, -0.1) is 0 Å². The summed E-state index contributed by atoms with van der Waals surface area (Å²) in [7, 11) is 0. The normalized spacial score (nSPS) is 9.83. The lowest BCUT2D eigenvalue weighted by atomic mass is 10.1. The molecule has 23 heavy (non-hydrogen) atoms. The number of aryl methyl sites for hydroxylation is 1. The van der Waals surface area contributed by atoms with Crippen molar-refractivity contribution in [1.82, 2.24) is 4.90 Å². The summed E-state index contributed by atoms with van der Waals surface area (Å²) in [5, 5.41) is 0. The molecule has 0 bridgehead atoms. The van der Waals surface area contributed by atoms with E-state index in [1.807, 2.05) is 71.9 Å². The predicted molar refractivity (Wildman–Crippen MR) is 96.9 cm³/mol. The second kappa shape index (κ2) is 11.4. The summed E-state index contributed by atoms with van der Waals surface area (Å²) < 4.78 is 0. The summed E-state index contributed by atoms with van der Waals surface area (Å²) in [4.78, 5) is 25.0. The van der Waals surface area contributed by atoms with Crippen molar-refractivity contribution < 1.29 is 9.59 Å². The number of amides is 2. The minimum atomic E-state index is -0.254. The van der Waals surface area contributed by atoms with Gasteiger partial charge in [0.15, 0.2) is 0 Å². The maximum Gasteiger partial charge on any atom is 0.260 e. The Kier molecular flexibility index (Phi) is 10.3. The van der Waals surface area contributed by atoms with Crippen LogP contribution in [0.25, 0.3) is 0 Å². The SMILES string of the molecule is CC.CC/C=C\C(C(=O)N(C=O)Cc1ccc(C)cc1)=C(C)C. The van der Waals surface area contributed by atoms with E-state index in [0.717, 1.165) is 23.1 Å². The minimum Gasteiger partial charge on any atom is -0.278 e. The standard InChI is InChI=1S/C18H23NO2.C2H6/c1-5-6-7-17(14(2)3)18(21)19(13-20)12-16-10-8-15(4)9-11-16;1-2/h6-11,13H,5,12H2,1-4H3;1-2H3/b7-6-;. The molecule has 1 rings (SSSR count). The number of imide groups is 1. The number of hydrogen-bond donors (Lipinski definition) is 0. The Labute approximate surface area is 140 Å². The van der Waals surface area contributed by atoms with Crippen LogP contribution in [0.3, 0.4) is 0 Å². The van der Waals surface area contributed by atoms with Crippen molar-refractivity contribution in [2.45, 2.75) is 54.5 Å². The monoisotopic (exact) mass is 315 g/mol. The molecule has 1 aromatic carbocycles. The summed E-state index contributed by atoms with van der Waals surface area (Å²) in [6.45, 7) is 12.1. The Morgan fingerprint density at radius 3 is 2.13 bits per heavy atom. The molecule has 0 saturated heterocycles. The van der Waals surface area contributed by atoms with Gasteiger partial charge in [0.1, 0.15) is 0 Å². The third kappa shape index (κ3) is 7.09. The molecule has 0 heterocycles. The zero-order valence-corrected chi connectivity index (χ0v) is 15.2. The van der Waals surface area contributed by atoms with Crippen LogP contribution in [-0.2, 0) is 16.1 Å². The largest absolute Gasteiger partial charge is 0.278 e. The van der Waals surface area contributed by atoms with Crippen LogP contribution in [0.4, 0.5) is 0 Å². The number of nitrogens with zero attached hydrogens (tertiary/aromatic N) is 1. The van der Waals surface area contributed by atoms with Crippen molar-refractivity contribution in [2.24, 2.45) is 0 Å². The average Bonchev–Trinajstić information content (AvgIpc) is 2.56. The number of hydrogen-bond acceptors (Lipinski definition) is 2. The van der Waals surface area contributed by atoms with Crippen molar-refractivity contribution in [1.29, 1.82) is 0 Å². The van der Waals surface area contributed by atoms with Crippen LogP contribution in [0.1, 0.15) is 52.2 Å². The topological polar surface area (TPSA) is 37.4 Å². The van der Waals surface area contributed by atoms with Crippen LogP contribution in [-0.4, -0.2) is 17.2 Å². The molecule has 3 heteroatoms. The fourth-order valence-corrected chi connectivity index (χ4v) is 1.89. The van der Waals surface area contributed by atoms with Gasteiger partial charge in [0.05, 0.1) is 6.54 Å². The van der Waals surface area contributed by atoms with Crippen LogP contribution in [0.5, 0.6) is 0 Å². The van der Waals surface area contributed by atoms with Crippen LogP contribution in [0.2, 0.25) is 0 Å². The first-order valence-corrected chi connectivity index (χ1v) is 8.15. The van der Waals surface area contributed by atoms with E-state index in [-0.39, 0.29) is 5.91 Å². The van der Waals surface area contributed by atoms with E-state index in [1.54, 1.807) is 6.08 Å². The van der Waals surface area contributed by atoms with Gasteiger partial charge < -0.3 is 0 Å². The summed E-state index contributed by atoms with van der Waals surface area (Å²) >= 11 is 0. The number of benzene rings is 1. The van der Waals surface area contributed by atoms with Gasteiger partial charge in [-0.25, -0.2) is 0 Å². The highest BCUT2D eigenvalue weighted by molar-refractivity contribution is 6.01. The molecule has 0 aromatic heterocycles. The van der Waals surface area contributed by atoms with Gasteiger partial charge in [-0.2, -0.15) is 0 Å². The molecule has 1 aromatic rings. The highest BCUT2D eigenvalue weighted by Crippen LogP contribution is 2.13. The minimum absolute atomic E-state index is 0.254. The molecule has 126 valence electrons. The fraction of sp³-hybridized carbons (Fsp3) is 0.400. The third-order valence-corrected chi connectivity index (χ3v) is 3.15. The van der Waals surface area contributed by atoms with Gasteiger partial charge >= 0.3 is 0 Å². The molecule has 0 fully saturated rings. The highest BCUT2D eigenvalue weighted by Gasteiger charge is 2.17. The van der Waals surface area contributed by atoms with Gasteiger partial charge in [0, 0.05) is 5.57 Å². The van der Waals surface area contributed by atoms with E-state index in [1.165, 1.54) is 4.90 Å². The van der Waals surface area contributed by atoms with E-state index in [4.69, 9.17) is 0 Å². The lowest BCUT2D eigenvalue weighted by molar-refractivity contribution is -0.135. The zero-order chi connectivity index (χ0) is 17.8. The molecule has 0 aliphatic heterocycles. The van der Waals surface area contributed by atoms with E-state index in [2.05, 4.69) is 0 Å². The zero-order valence-electron chi connectivity index (χ0n) is 15.2. The molecular weight excluding hydrogens is 286 g/mol. The molecule has 2 amide bonds. The van der Waals surface area contributed by atoms with Crippen molar-refractivity contribution in [3.8, 4) is 0 Å². The summed E-state index contributed by atoms with van der Waals surface area (Å²) in [6.07, 6.45) is 5.17. The Balaban J connectivity index is 0.00000232. The molecule has 0 atom stereocenters. The van der Waals surface area contributed by atoms with E-state index in [0.29, 0.717) is 18.5 Å². The molecule has 0 saturated carbocycles. The smallest absolute Gasteiger partial charge is 0.260 e. The summed E-state index contributed by atoms with van der Waals surface area (Å²) in [5.74, 6) is -0.254. The molecule has 0 aliphatic carbocycles. The maximum absolute atomic E-state index is 12.5. The summed E-state index contributed by atoms with van der Waals surface area (Å²) in [5.41, 5.74) is 3.57. The Bertz CT molecular complexity index is 550. The van der Waals surface area contributed by atoms with Gasteiger partial charge in [-0.3, -0.25) is 14.5 Å². The lowest BCUT2D eigenvalue weighted by Gasteiger charge is -2.17. The van der Waals surface area contributed by atoms with Gasteiger partial charge in [0.2, 0.25) is 6.41 Å². The quantitative estimate of drug-likeness (QED) is 0.429.